The highest BCUT2D eigenvalue weighted by Crippen LogP contribution is 2.09. The van der Waals surface area contributed by atoms with E-state index in [4.69, 9.17) is 5.11 Å². The normalized spacial score (nSPS) is 10.2. The van der Waals surface area contributed by atoms with Crippen LogP contribution in [0.4, 0.5) is 0 Å². The van der Waals surface area contributed by atoms with Gasteiger partial charge in [0, 0.05) is 6.54 Å². The molecule has 0 radical (unpaired) electrons. The summed E-state index contributed by atoms with van der Waals surface area (Å²) in [5.41, 5.74) is 3.78. The van der Waals surface area contributed by atoms with Crippen LogP contribution in [0.15, 0.2) is 18.2 Å². The van der Waals surface area contributed by atoms with Gasteiger partial charge in [0.1, 0.15) is 0 Å². The summed E-state index contributed by atoms with van der Waals surface area (Å²) in [7, 11) is 0. The molecule has 0 unspecified atom stereocenters. The van der Waals surface area contributed by atoms with Crippen molar-refractivity contribution in [1.29, 1.82) is 0 Å². The Labute approximate surface area is 73.2 Å². The van der Waals surface area contributed by atoms with Crippen molar-refractivity contribution in [2.75, 3.05) is 6.73 Å². The molecule has 1 aromatic carbocycles. The van der Waals surface area contributed by atoms with Crippen molar-refractivity contribution < 1.29 is 5.11 Å². The fourth-order valence-electron chi connectivity index (χ4n) is 1.18. The van der Waals surface area contributed by atoms with E-state index in [-0.39, 0.29) is 6.73 Å². The third kappa shape index (κ3) is 2.32. The average molecular weight is 165 g/mol. The van der Waals surface area contributed by atoms with Crippen LogP contribution >= 0.6 is 0 Å². The van der Waals surface area contributed by atoms with Gasteiger partial charge in [0.05, 0.1) is 6.73 Å². The minimum Gasteiger partial charge on any atom is -0.381 e. The van der Waals surface area contributed by atoms with Gasteiger partial charge in [-0.2, -0.15) is 0 Å². The molecular weight excluding hydrogens is 150 g/mol. The largest absolute Gasteiger partial charge is 0.381 e. The second-order valence-electron chi connectivity index (χ2n) is 3.01. The van der Waals surface area contributed by atoms with Gasteiger partial charge in [0.15, 0.2) is 0 Å². The van der Waals surface area contributed by atoms with Crippen LogP contribution in [0.5, 0.6) is 0 Å². The van der Waals surface area contributed by atoms with Gasteiger partial charge in [-0.3, -0.25) is 5.32 Å². The summed E-state index contributed by atoms with van der Waals surface area (Å²) < 4.78 is 0. The number of hydrogen-bond donors (Lipinski definition) is 2. The van der Waals surface area contributed by atoms with Gasteiger partial charge in [-0.05, 0) is 25.0 Å². The Bertz CT molecular complexity index is 258. The van der Waals surface area contributed by atoms with Gasteiger partial charge >= 0.3 is 0 Å². The summed E-state index contributed by atoms with van der Waals surface area (Å²) in [5.74, 6) is 0. The van der Waals surface area contributed by atoms with E-state index >= 15 is 0 Å². The molecule has 0 amide bonds. The van der Waals surface area contributed by atoms with E-state index in [9.17, 15) is 0 Å². The topological polar surface area (TPSA) is 32.3 Å². The lowest BCUT2D eigenvalue weighted by molar-refractivity contribution is 0.259. The molecule has 0 spiro atoms. The van der Waals surface area contributed by atoms with Gasteiger partial charge < -0.3 is 5.11 Å². The van der Waals surface area contributed by atoms with Gasteiger partial charge in [-0.1, -0.05) is 23.8 Å². The second-order valence-corrected chi connectivity index (χ2v) is 3.01. The summed E-state index contributed by atoms with van der Waals surface area (Å²) in [6.45, 7) is 4.92. The van der Waals surface area contributed by atoms with Gasteiger partial charge in [0.2, 0.25) is 0 Å². The second kappa shape index (κ2) is 4.24. The molecule has 2 N–H and O–H groups in total. The Morgan fingerprint density at radius 1 is 1.33 bits per heavy atom. The molecule has 0 aromatic heterocycles. The Morgan fingerprint density at radius 3 is 2.75 bits per heavy atom. The van der Waals surface area contributed by atoms with Crippen LogP contribution in [0.2, 0.25) is 0 Å². The fraction of sp³-hybridized carbons (Fsp3) is 0.400. The summed E-state index contributed by atoms with van der Waals surface area (Å²) in [5, 5.41) is 11.5. The van der Waals surface area contributed by atoms with Crippen molar-refractivity contribution >= 4 is 0 Å². The average Bonchev–Trinajstić information content (AvgIpc) is 2.07. The lowest BCUT2D eigenvalue weighted by atomic mass is 10.1. The number of aryl methyl sites for hydroxylation is 2. The SMILES string of the molecule is Cc1ccc(C)c(CNCO)c1. The first-order valence-corrected chi connectivity index (χ1v) is 4.11. The van der Waals surface area contributed by atoms with Crippen LogP contribution in [-0.2, 0) is 6.54 Å². The molecule has 0 heterocycles. The van der Waals surface area contributed by atoms with Crippen LogP contribution in [0, 0.1) is 13.8 Å². The van der Waals surface area contributed by atoms with E-state index in [0.717, 1.165) is 6.54 Å². The first kappa shape index (κ1) is 9.23. The molecule has 0 bridgehead atoms. The maximum Gasteiger partial charge on any atom is 0.0934 e. The molecule has 0 fully saturated rings. The quantitative estimate of drug-likeness (QED) is 0.662. The van der Waals surface area contributed by atoms with Crippen molar-refractivity contribution in [2.45, 2.75) is 20.4 Å². The summed E-state index contributed by atoms with van der Waals surface area (Å²) in [6.07, 6.45) is 0. The number of aliphatic hydroxyl groups excluding tert-OH is 1. The highest BCUT2D eigenvalue weighted by molar-refractivity contribution is 5.30. The zero-order chi connectivity index (χ0) is 8.97. The molecule has 0 aliphatic rings. The Morgan fingerprint density at radius 2 is 2.08 bits per heavy atom. The Kier molecular flexibility index (Phi) is 3.26. The highest BCUT2D eigenvalue weighted by atomic mass is 16.3. The van der Waals surface area contributed by atoms with Gasteiger partial charge in [-0.15, -0.1) is 0 Å². The monoisotopic (exact) mass is 165 g/mol. The number of benzene rings is 1. The molecule has 0 aliphatic carbocycles. The standard InChI is InChI=1S/C10H15NO/c1-8-3-4-9(2)10(5-8)6-11-7-12/h3-5,11-12H,6-7H2,1-2H3. The summed E-state index contributed by atoms with van der Waals surface area (Å²) in [4.78, 5) is 0. The van der Waals surface area contributed by atoms with Crippen LogP contribution in [0.25, 0.3) is 0 Å². The summed E-state index contributed by atoms with van der Waals surface area (Å²) in [6, 6.07) is 6.33. The molecule has 2 heteroatoms. The van der Waals surface area contributed by atoms with Crippen molar-refractivity contribution in [3.8, 4) is 0 Å². The minimum atomic E-state index is 0.0351. The van der Waals surface area contributed by atoms with E-state index < -0.39 is 0 Å². The minimum absolute atomic E-state index is 0.0351. The first-order valence-electron chi connectivity index (χ1n) is 4.11. The fourth-order valence-corrected chi connectivity index (χ4v) is 1.18. The maximum atomic E-state index is 8.58. The Balaban J connectivity index is 2.75. The first-order chi connectivity index (χ1) is 5.74. The van der Waals surface area contributed by atoms with E-state index in [2.05, 4.69) is 37.4 Å². The van der Waals surface area contributed by atoms with Crippen molar-refractivity contribution in [1.82, 2.24) is 5.32 Å². The third-order valence-corrected chi connectivity index (χ3v) is 1.93. The van der Waals surface area contributed by atoms with E-state index in [0.29, 0.717) is 0 Å². The van der Waals surface area contributed by atoms with Crippen LogP contribution in [0.1, 0.15) is 16.7 Å². The molecule has 12 heavy (non-hydrogen) atoms. The number of rotatable bonds is 3. The zero-order valence-corrected chi connectivity index (χ0v) is 7.59. The predicted molar refractivity (Wildman–Crippen MR) is 49.8 cm³/mol. The lowest BCUT2D eigenvalue weighted by Crippen LogP contribution is -2.14. The van der Waals surface area contributed by atoms with E-state index in [1.807, 2.05) is 0 Å². The van der Waals surface area contributed by atoms with E-state index in [1.54, 1.807) is 0 Å². The molecule has 66 valence electrons. The van der Waals surface area contributed by atoms with Gasteiger partial charge in [0.25, 0.3) is 0 Å². The lowest BCUT2D eigenvalue weighted by Gasteiger charge is -2.06. The van der Waals surface area contributed by atoms with Crippen molar-refractivity contribution in [2.24, 2.45) is 0 Å². The molecule has 1 rings (SSSR count). The zero-order valence-electron chi connectivity index (χ0n) is 7.59. The number of hydrogen-bond acceptors (Lipinski definition) is 2. The van der Waals surface area contributed by atoms with Gasteiger partial charge in [-0.25, -0.2) is 0 Å². The highest BCUT2D eigenvalue weighted by Gasteiger charge is 1.96. The van der Waals surface area contributed by atoms with Crippen LogP contribution in [0.3, 0.4) is 0 Å². The molecule has 0 saturated carbocycles. The molecule has 0 saturated heterocycles. The molecular formula is C10H15NO. The van der Waals surface area contributed by atoms with Crippen LogP contribution < -0.4 is 5.32 Å². The maximum absolute atomic E-state index is 8.58. The number of aliphatic hydroxyl groups is 1. The number of nitrogens with one attached hydrogen (secondary N) is 1. The van der Waals surface area contributed by atoms with Crippen molar-refractivity contribution in [3.05, 3.63) is 34.9 Å². The smallest absolute Gasteiger partial charge is 0.0934 e. The molecule has 1 aromatic rings. The van der Waals surface area contributed by atoms with Crippen LogP contribution in [-0.4, -0.2) is 11.8 Å². The molecule has 0 aliphatic heterocycles. The van der Waals surface area contributed by atoms with Crippen molar-refractivity contribution in [3.63, 3.8) is 0 Å². The molecule has 0 atom stereocenters. The van der Waals surface area contributed by atoms with E-state index in [1.165, 1.54) is 16.7 Å². The Hall–Kier alpha value is -0.860. The summed E-state index contributed by atoms with van der Waals surface area (Å²) >= 11 is 0. The predicted octanol–water partition coefficient (Wildman–Crippen LogP) is 1.34. The third-order valence-electron chi connectivity index (χ3n) is 1.93. The molecule has 2 nitrogen and oxygen atoms in total.